The molecule has 1 heterocycles. The largest absolute Gasteiger partial charge is 0.497 e. The molecule has 2 aromatic carbocycles. The van der Waals surface area contributed by atoms with Crippen molar-refractivity contribution in [3.63, 3.8) is 0 Å². The van der Waals surface area contributed by atoms with Gasteiger partial charge in [-0.1, -0.05) is 41.9 Å². The van der Waals surface area contributed by atoms with E-state index in [0.29, 0.717) is 23.9 Å². The minimum atomic E-state index is -0.604. The van der Waals surface area contributed by atoms with Crippen LogP contribution in [0.25, 0.3) is 11.4 Å². The molecule has 0 radical (unpaired) electrons. The van der Waals surface area contributed by atoms with Crippen LogP contribution in [0.5, 0.6) is 11.5 Å². The summed E-state index contributed by atoms with van der Waals surface area (Å²) < 4.78 is 16.3. The average Bonchev–Trinajstić information content (AvgIpc) is 3.20. The first-order chi connectivity index (χ1) is 14.0. The molecule has 0 saturated heterocycles. The Morgan fingerprint density at radius 1 is 1.10 bits per heavy atom. The van der Waals surface area contributed by atoms with Crippen LogP contribution in [-0.2, 0) is 11.3 Å². The summed E-state index contributed by atoms with van der Waals surface area (Å²) in [6.07, 6.45) is -0.0684. The Bertz CT molecular complexity index is 935. The molecule has 1 atom stereocenters. The van der Waals surface area contributed by atoms with Crippen LogP contribution in [-0.4, -0.2) is 41.2 Å². The van der Waals surface area contributed by atoms with Crippen molar-refractivity contribution < 1.29 is 18.8 Å². The maximum atomic E-state index is 12.8. The highest BCUT2D eigenvalue weighted by molar-refractivity contribution is 5.81. The predicted molar refractivity (Wildman–Crippen MR) is 109 cm³/mol. The van der Waals surface area contributed by atoms with Gasteiger partial charge >= 0.3 is 0 Å². The number of rotatable bonds is 8. The van der Waals surface area contributed by atoms with E-state index in [1.807, 2.05) is 38.1 Å². The van der Waals surface area contributed by atoms with Gasteiger partial charge in [-0.25, -0.2) is 0 Å². The lowest BCUT2D eigenvalue weighted by atomic mass is 10.1. The number of benzene rings is 2. The van der Waals surface area contributed by atoms with E-state index in [0.717, 1.165) is 16.9 Å². The van der Waals surface area contributed by atoms with Crippen molar-refractivity contribution in [3.05, 3.63) is 60.0 Å². The number of amides is 1. The summed E-state index contributed by atoms with van der Waals surface area (Å²) in [6.45, 7) is 4.13. The molecule has 0 aliphatic heterocycles. The van der Waals surface area contributed by atoms with Gasteiger partial charge in [0.2, 0.25) is 11.7 Å². The van der Waals surface area contributed by atoms with Crippen LogP contribution >= 0.6 is 0 Å². The highest BCUT2D eigenvalue weighted by atomic mass is 16.5. The first-order valence-electron chi connectivity index (χ1n) is 9.45. The Kier molecular flexibility index (Phi) is 6.49. The van der Waals surface area contributed by atoms with Crippen LogP contribution in [0.3, 0.4) is 0 Å². The Morgan fingerprint density at radius 2 is 1.76 bits per heavy atom. The monoisotopic (exact) mass is 395 g/mol. The SMILES string of the molecule is CC[C@H](Oc1ccc(OC)cc1)C(=O)N(C)Cc1nc(-c2ccc(C)cc2)no1. The van der Waals surface area contributed by atoms with E-state index in [2.05, 4.69) is 10.1 Å². The number of nitrogens with zero attached hydrogens (tertiary/aromatic N) is 3. The van der Waals surface area contributed by atoms with Crippen molar-refractivity contribution in [2.75, 3.05) is 14.2 Å². The topological polar surface area (TPSA) is 77.7 Å². The first kappa shape index (κ1) is 20.4. The van der Waals surface area contributed by atoms with E-state index in [9.17, 15) is 4.79 Å². The molecule has 0 bridgehead atoms. The number of ether oxygens (including phenoxy) is 2. The van der Waals surface area contributed by atoms with E-state index in [1.165, 1.54) is 4.90 Å². The number of aryl methyl sites for hydroxylation is 1. The molecule has 0 spiro atoms. The Labute approximate surface area is 170 Å². The Hall–Kier alpha value is -3.35. The fourth-order valence-electron chi connectivity index (χ4n) is 2.79. The van der Waals surface area contributed by atoms with E-state index >= 15 is 0 Å². The minimum absolute atomic E-state index is 0.154. The van der Waals surface area contributed by atoms with E-state index in [-0.39, 0.29) is 12.5 Å². The molecular formula is C22H25N3O4. The summed E-state index contributed by atoms with van der Waals surface area (Å²) in [5, 5.41) is 4.01. The predicted octanol–water partition coefficient (Wildman–Crippen LogP) is 3.87. The van der Waals surface area contributed by atoms with Gasteiger partial charge in [-0.3, -0.25) is 4.79 Å². The van der Waals surface area contributed by atoms with Gasteiger partial charge in [0.1, 0.15) is 11.5 Å². The van der Waals surface area contributed by atoms with Gasteiger partial charge in [0.15, 0.2) is 6.10 Å². The summed E-state index contributed by atoms with van der Waals surface area (Å²) >= 11 is 0. The molecule has 1 aromatic heterocycles. The number of methoxy groups -OCH3 is 1. The molecule has 3 aromatic rings. The smallest absolute Gasteiger partial charge is 0.263 e. The van der Waals surface area contributed by atoms with Gasteiger partial charge in [-0.15, -0.1) is 0 Å². The maximum Gasteiger partial charge on any atom is 0.263 e. The van der Waals surface area contributed by atoms with Crippen LogP contribution < -0.4 is 9.47 Å². The molecular weight excluding hydrogens is 370 g/mol. The molecule has 7 nitrogen and oxygen atoms in total. The second kappa shape index (κ2) is 9.23. The number of carbonyl (C=O) groups is 1. The molecule has 1 amide bonds. The standard InChI is InChI=1S/C22H25N3O4/c1-5-19(28-18-12-10-17(27-4)11-13-18)22(26)25(3)14-20-23-21(24-29-20)16-8-6-15(2)7-9-16/h6-13,19H,5,14H2,1-4H3/t19-/m0/s1. The molecule has 0 fully saturated rings. The quantitative estimate of drug-likeness (QED) is 0.576. The number of carbonyl (C=O) groups excluding carboxylic acids is 1. The van der Waals surface area contributed by atoms with Crippen molar-refractivity contribution in [2.24, 2.45) is 0 Å². The third-order valence-electron chi connectivity index (χ3n) is 4.51. The molecule has 0 aliphatic rings. The molecule has 0 saturated carbocycles. The molecule has 152 valence electrons. The van der Waals surface area contributed by atoms with Gasteiger partial charge in [0.25, 0.3) is 5.91 Å². The van der Waals surface area contributed by atoms with E-state index < -0.39 is 6.10 Å². The molecule has 29 heavy (non-hydrogen) atoms. The fraction of sp³-hybridized carbons (Fsp3) is 0.318. The molecule has 0 N–H and O–H groups in total. The summed E-state index contributed by atoms with van der Waals surface area (Å²) in [5.41, 5.74) is 2.03. The van der Waals surface area contributed by atoms with Gasteiger partial charge in [-0.05, 0) is 37.6 Å². The highest BCUT2D eigenvalue weighted by Gasteiger charge is 2.24. The zero-order chi connectivity index (χ0) is 20.8. The van der Waals surface area contributed by atoms with Crippen LogP contribution in [0.2, 0.25) is 0 Å². The van der Waals surface area contributed by atoms with Crippen molar-refractivity contribution >= 4 is 5.91 Å². The summed E-state index contributed by atoms with van der Waals surface area (Å²) in [5.74, 6) is 2.06. The third-order valence-corrected chi connectivity index (χ3v) is 4.51. The lowest BCUT2D eigenvalue weighted by Gasteiger charge is -2.22. The molecule has 7 heteroatoms. The van der Waals surface area contributed by atoms with Crippen molar-refractivity contribution in [1.82, 2.24) is 15.0 Å². The number of hydrogen-bond acceptors (Lipinski definition) is 6. The Balaban J connectivity index is 1.63. The summed E-state index contributed by atoms with van der Waals surface area (Å²) in [4.78, 5) is 18.7. The lowest BCUT2D eigenvalue weighted by Crippen LogP contribution is -2.39. The summed E-state index contributed by atoms with van der Waals surface area (Å²) in [6, 6.07) is 15.0. The van der Waals surface area contributed by atoms with Crippen molar-refractivity contribution in [2.45, 2.75) is 32.9 Å². The zero-order valence-corrected chi connectivity index (χ0v) is 17.1. The summed E-state index contributed by atoms with van der Waals surface area (Å²) in [7, 11) is 3.29. The minimum Gasteiger partial charge on any atom is -0.497 e. The van der Waals surface area contributed by atoms with Gasteiger partial charge in [0.05, 0.1) is 13.7 Å². The van der Waals surface area contributed by atoms with Gasteiger partial charge in [-0.2, -0.15) is 4.98 Å². The Morgan fingerprint density at radius 3 is 2.38 bits per heavy atom. The van der Waals surface area contributed by atoms with Crippen molar-refractivity contribution in [1.29, 1.82) is 0 Å². The second-order valence-electron chi connectivity index (χ2n) is 6.76. The molecule has 3 rings (SSSR count). The van der Waals surface area contributed by atoms with E-state index in [4.69, 9.17) is 14.0 Å². The van der Waals surface area contributed by atoms with Gasteiger partial charge < -0.3 is 18.9 Å². The normalized spacial score (nSPS) is 11.7. The fourth-order valence-corrected chi connectivity index (χ4v) is 2.79. The van der Waals surface area contributed by atoms with Crippen molar-refractivity contribution in [3.8, 4) is 22.9 Å². The van der Waals surface area contributed by atoms with Gasteiger partial charge in [0, 0.05) is 12.6 Å². The van der Waals surface area contributed by atoms with Crippen LogP contribution in [0, 0.1) is 6.92 Å². The molecule has 0 unspecified atom stereocenters. The van der Waals surface area contributed by atoms with Crippen LogP contribution in [0.1, 0.15) is 24.8 Å². The van der Waals surface area contributed by atoms with Crippen LogP contribution in [0.15, 0.2) is 53.1 Å². The number of aromatic nitrogens is 2. The van der Waals surface area contributed by atoms with Crippen LogP contribution in [0.4, 0.5) is 0 Å². The number of likely N-dealkylation sites (N-methyl/N-ethyl adjacent to an activating group) is 1. The third kappa shape index (κ3) is 5.13. The second-order valence-corrected chi connectivity index (χ2v) is 6.76. The lowest BCUT2D eigenvalue weighted by molar-refractivity contribution is -0.138. The molecule has 0 aliphatic carbocycles. The van der Waals surface area contributed by atoms with E-state index in [1.54, 1.807) is 38.4 Å². The highest BCUT2D eigenvalue weighted by Crippen LogP contribution is 2.20. The average molecular weight is 395 g/mol. The maximum absolute atomic E-state index is 12.8. The first-order valence-corrected chi connectivity index (χ1v) is 9.45. The number of hydrogen-bond donors (Lipinski definition) is 0. The zero-order valence-electron chi connectivity index (χ0n) is 17.1.